The summed E-state index contributed by atoms with van der Waals surface area (Å²) in [6.45, 7) is 5.53. The van der Waals surface area contributed by atoms with E-state index in [4.69, 9.17) is 23.2 Å². The van der Waals surface area contributed by atoms with Crippen molar-refractivity contribution in [1.82, 2.24) is 5.32 Å². The van der Waals surface area contributed by atoms with Gasteiger partial charge in [0.1, 0.15) is 0 Å². The lowest BCUT2D eigenvalue weighted by molar-refractivity contribution is 0.195. The smallest absolute Gasteiger partial charge is 0.0624 e. The first-order valence-electron chi connectivity index (χ1n) is 8.31. The molecule has 3 unspecified atom stereocenters. The monoisotopic (exact) mass is 327 g/mol. The second-order valence-electron chi connectivity index (χ2n) is 6.31. The third kappa shape index (κ3) is 4.61. The van der Waals surface area contributed by atoms with E-state index in [1.807, 2.05) is 12.1 Å². The molecule has 0 amide bonds. The lowest BCUT2D eigenvalue weighted by atomic mass is 9.74. The molecule has 1 fully saturated rings. The van der Waals surface area contributed by atoms with Crippen molar-refractivity contribution < 1.29 is 0 Å². The summed E-state index contributed by atoms with van der Waals surface area (Å²) in [4.78, 5) is 0. The summed E-state index contributed by atoms with van der Waals surface area (Å²) in [7, 11) is 0. The maximum Gasteiger partial charge on any atom is 0.0624 e. The van der Waals surface area contributed by atoms with Crippen molar-refractivity contribution in [2.24, 2.45) is 11.8 Å². The van der Waals surface area contributed by atoms with E-state index < -0.39 is 0 Å². The Labute approximate surface area is 139 Å². The molecule has 1 nitrogen and oxygen atoms in total. The van der Waals surface area contributed by atoms with Crippen LogP contribution >= 0.6 is 23.2 Å². The largest absolute Gasteiger partial charge is 0.314 e. The Morgan fingerprint density at radius 3 is 2.71 bits per heavy atom. The van der Waals surface area contributed by atoms with Gasteiger partial charge in [0.2, 0.25) is 0 Å². The fourth-order valence-electron chi connectivity index (χ4n) is 3.78. The van der Waals surface area contributed by atoms with Crippen molar-refractivity contribution in [1.29, 1.82) is 0 Å². The molecule has 1 aliphatic carbocycles. The second-order valence-corrected chi connectivity index (χ2v) is 7.09. The van der Waals surface area contributed by atoms with Crippen LogP contribution in [0.1, 0.15) is 51.5 Å². The topological polar surface area (TPSA) is 12.0 Å². The Kier molecular flexibility index (Phi) is 6.85. The fraction of sp³-hybridized carbons (Fsp3) is 0.667. The Morgan fingerprint density at radius 2 is 2.00 bits per heavy atom. The molecule has 3 heteroatoms. The molecule has 0 aliphatic heterocycles. The summed E-state index contributed by atoms with van der Waals surface area (Å²) < 4.78 is 0. The standard InChI is InChI=1S/C18H27Cl2N/c1-3-6-13-9-10-17(21-4-2)15(11-13)12-14-7-5-8-16(19)18(14)20/h5,7-8,13,15,17,21H,3-4,6,9-12H2,1-2H3. The maximum atomic E-state index is 6.38. The molecule has 2 rings (SSSR count). The van der Waals surface area contributed by atoms with Crippen LogP contribution in [-0.2, 0) is 6.42 Å². The molecule has 118 valence electrons. The van der Waals surface area contributed by atoms with E-state index in [1.54, 1.807) is 0 Å². The molecular weight excluding hydrogens is 301 g/mol. The van der Waals surface area contributed by atoms with Crippen LogP contribution in [0.5, 0.6) is 0 Å². The molecule has 0 saturated heterocycles. The fourth-order valence-corrected chi connectivity index (χ4v) is 4.17. The van der Waals surface area contributed by atoms with Gasteiger partial charge in [-0.3, -0.25) is 0 Å². The predicted molar refractivity (Wildman–Crippen MR) is 93.4 cm³/mol. The van der Waals surface area contributed by atoms with Crippen molar-refractivity contribution in [3.8, 4) is 0 Å². The SMILES string of the molecule is CCCC1CCC(NCC)C(Cc2cccc(Cl)c2Cl)C1. The number of hydrogen-bond acceptors (Lipinski definition) is 1. The molecule has 1 N–H and O–H groups in total. The molecule has 0 heterocycles. The molecule has 0 spiro atoms. The summed E-state index contributed by atoms with van der Waals surface area (Å²) >= 11 is 12.5. The van der Waals surface area contributed by atoms with E-state index in [1.165, 1.54) is 37.7 Å². The van der Waals surface area contributed by atoms with Crippen molar-refractivity contribution >= 4 is 23.2 Å². The highest BCUT2D eigenvalue weighted by atomic mass is 35.5. The van der Waals surface area contributed by atoms with Crippen molar-refractivity contribution in [2.45, 2.75) is 58.4 Å². The van der Waals surface area contributed by atoms with Crippen LogP contribution in [0, 0.1) is 11.8 Å². The molecule has 0 bridgehead atoms. The highest BCUT2D eigenvalue weighted by Gasteiger charge is 2.30. The summed E-state index contributed by atoms with van der Waals surface area (Å²) in [5.41, 5.74) is 1.20. The number of hydrogen-bond donors (Lipinski definition) is 1. The Balaban J connectivity index is 2.09. The zero-order valence-corrected chi connectivity index (χ0v) is 14.7. The highest BCUT2D eigenvalue weighted by molar-refractivity contribution is 6.42. The molecule has 1 saturated carbocycles. The molecule has 21 heavy (non-hydrogen) atoms. The van der Waals surface area contributed by atoms with Gasteiger partial charge < -0.3 is 5.32 Å². The van der Waals surface area contributed by atoms with Crippen LogP contribution in [-0.4, -0.2) is 12.6 Å². The number of rotatable bonds is 6. The van der Waals surface area contributed by atoms with Gasteiger partial charge >= 0.3 is 0 Å². The number of nitrogens with one attached hydrogen (secondary N) is 1. The van der Waals surface area contributed by atoms with E-state index in [0.29, 0.717) is 17.0 Å². The molecule has 0 aromatic heterocycles. The van der Waals surface area contributed by atoms with Gasteiger partial charge in [0.05, 0.1) is 10.0 Å². The minimum Gasteiger partial charge on any atom is -0.314 e. The van der Waals surface area contributed by atoms with E-state index in [-0.39, 0.29) is 0 Å². The van der Waals surface area contributed by atoms with E-state index in [9.17, 15) is 0 Å². The van der Waals surface area contributed by atoms with Crippen molar-refractivity contribution in [2.75, 3.05) is 6.54 Å². The van der Waals surface area contributed by atoms with Gasteiger partial charge in [-0.05, 0) is 55.7 Å². The number of halogens is 2. The van der Waals surface area contributed by atoms with Crippen LogP contribution in [0.3, 0.4) is 0 Å². The lowest BCUT2D eigenvalue weighted by Crippen LogP contribution is -2.41. The van der Waals surface area contributed by atoms with Gasteiger partial charge in [-0.2, -0.15) is 0 Å². The van der Waals surface area contributed by atoms with Gasteiger partial charge in [-0.1, -0.05) is 62.0 Å². The predicted octanol–water partition coefficient (Wildman–Crippen LogP) is 5.73. The Morgan fingerprint density at radius 1 is 1.19 bits per heavy atom. The van der Waals surface area contributed by atoms with Crippen LogP contribution < -0.4 is 5.32 Å². The summed E-state index contributed by atoms with van der Waals surface area (Å²) in [6, 6.07) is 6.63. The second kappa shape index (κ2) is 8.41. The lowest BCUT2D eigenvalue weighted by Gasteiger charge is -2.37. The quantitative estimate of drug-likeness (QED) is 0.703. The summed E-state index contributed by atoms with van der Waals surface area (Å²) in [6.07, 6.45) is 7.66. The zero-order chi connectivity index (χ0) is 15.2. The van der Waals surface area contributed by atoms with Gasteiger partial charge in [0.15, 0.2) is 0 Å². The normalized spacial score (nSPS) is 26.0. The molecule has 3 atom stereocenters. The van der Waals surface area contributed by atoms with Gasteiger partial charge in [-0.25, -0.2) is 0 Å². The first-order chi connectivity index (χ1) is 10.2. The third-order valence-electron chi connectivity index (χ3n) is 4.77. The highest BCUT2D eigenvalue weighted by Crippen LogP contribution is 2.36. The van der Waals surface area contributed by atoms with Crippen molar-refractivity contribution in [3.05, 3.63) is 33.8 Å². The molecule has 1 aliphatic rings. The molecule has 1 aromatic carbocycles. The first kappa shape index (κ1) is 17.1. The summed E-state index contributed by atoms with van der Waals surface area (Å²) in [5, 5.41) is 5.09. The zero-order valence-electron chi connectivity index (χ0n) is 13.2. The minimum atomic E-state index is 0.623. The molecular formula is C18H27Cl2N. The Bertz CT molecular complexity index is 447. The molecule has 0 radical (unpaired) electrons. The van der Waals surface area contributed by atoms with Crippen LogP contribution in [0.25, 0.3) is 0 Å². The van der Waals surface area contributed by atoms with Crippen LogP contribution in [0.15, 0.2) is 18.2 Å². The van der Waals surface area contributed by atoms with Gasteiger partial charge in [0, 0.05) is 6.04 Å². The van der Waals surface area contributed by atoms with Gasteiger partial charge in [-0.15, -0.1) is 0 Å². The maximum absolute atomic E-state index is 6.38. The Hall–Kier alpha value is -0.240. The minimum absolute atomic E-state index is 0.623. The average molecular weight is 328 g/mol. The van der Waals surface area contributed by atoms with Crippen molar-refractivity contribution in [3.63, 3.8) is 0 Å². The molecule has 1 aromatic rings. The summed E-state index contributed by atoms with van der Waals surface area (Å²) in [5.74, 6) is 1.55. The van der Waals surface area contributed by atoms with E-state index in [2.05, 4.69) is 25.2 Å². The van der Waals surface area contributed by atoms with E-state index >= 15 is 0 Å². The first-order valence-corrected chi connectivity index (χ1v) is 9.07. The van der Waals surface area contributed by atoms with E-state index in [0.717, 1.165) is 23.9 Å². The van der Waals surface area contributed by atoms with Crippen LogP contribution in [0.2, 0.25) is 10.0 Å². The average Bonchev–Trinajstić information content (AvgIpc) is 2.47. The van der Waals surface area contributed by atoms with Crippen LogP contribution in [0.4, 0.5) is 0 Å². The third-order valence-corrected chi connectivity index (χ3v) is 5.63. The number of benzene rings is 1. The van der Waals surface area contributed by atoms with Gasteiger partial charge in [0.25, 0.3) is 0 Å².